The molecule has 1 N–H and O–H groups in total. The molecule has 0 saturated heterocycles. The summed E-state index contributed by atoms with van der Waals surface area (Å²) in [5, 5.41) is 3.84. The molecule has 2 aromatic heterocycles. The Morgan fingerprint density at radius 2 is 1.77 bits per heavy atom. The van der Waals surface area contributed by atoms with Gasteiger partial charge in [0.2, 0.25) is 0 Å². The number of fused-ring (bicyclic) bond motifs is 1. The number of H-pyrrole nitrogens is 1. The van der Waals surface area contributed by atoms with Crippen LogP contribution < -0.4 is 16.1 Å². The number of nitrogens with one attached hydrogen (secondary N) is 1. The minimum absolute atomic E-state index is 0. The molecule has 1 aliphatic rings. The van der Waals surface area contributed by atoms with Crippen LogP contribution in [-0.2, 0) is 19.3 Å². The number of rotatable bonds is 7. The van der Waals surface area contributed by atoms with E-state index in [1.54, 1.807) is 6.92 Å². The second-order valence-electron chi connectivity index (χ2n) is 11.3. The molecule has 1 radical (unpaired) electrons. The standard InChI is InChI=1S/C33H31FN4O4.K/c1-5-8-28-26(31(39)38(19(2)35-28)23-16-22-18-33(3,4)41-29(22)27(34)17-23)15-20-11-13-21(14-12-20)24-9-6-7-10-25(24)30-36-32(40)42-37-30;/h6-7,9-14,16-17H,5,8,15,18H2,1-4H3,(H,36,37,40);. The molecule has 0 amide bonds. The molecule has 215 valence electrons. The molecule has 5 aromatic rings. The van der Waals surface area contributed by atoms with E-state index >= 15 is 4.39 Å². The number of hydrogen-bond acceptors (Lipinski definition) is 6. The minimum Gasteiger partial charge on any atom is -0.484 e. The molecule has 0 spiro atoms. The molecular formula is C33H31FKN4O4. The van der Waals surface area contributed by atoms with Crippen molar-refractivity contribution in [3.05, 3.63) is 116 Å². The van der Waals surface area contributed by atoms with E-state index in [2.05, 4.69) is 17.1 Å². The molecule has 0 bridgehead atoms. The minimum atomic E-state index is -0.616. The third-order valence-electron chi connectivity index (χ3n) is 7.54. The van der Waals surface area contributed by atoms with Crippen molar-refractivity contribution in [1.29, 1.82) is 0 Å². The zero-order chi connectivity index (χ0) is 29.6. The van der Waals surface area contributed by atoms with E-state index in [-0.39, 0.29) is 62.7 Å². The zero-order valence-electron chi connectivity index (χ0n) is 25.0. The predicted octanol–water partition coefficient (Wildman–Crippen LogP) is 5.57. The van der Waals surface area contributed by atoms with Crippen LogP contribution in [0.3, 0.4) is 0 Å². The van der Waals surface area contributed by atoms with Crippen molar-refractivity contribution in [2.45, 2.75) is 59.0 Å². The van der Waals surface area contributed by atoms with Crippen LogP contribution in [0, 0.1) is 12.7 Å². The first-order valence-electron chi connectivity index (χ1n) is 14.0. The molecule has 3 aromatic carbocycles. The average Bonchev–Trinajstić information content (AvgIpc) is 3.53. The van der Waals surface area contributed by atoms with Crippen LogP contribution in [-0.4, -0.2) is 76.7 Å². The van der Waals surface area contributed by atoms with E-state index in [0.29, 0.717) is 42.2 Å². The van der Waals surface area contributed by atoms with Crippen LogP contribution in [0.15, 0.2) is 74.8 Å². The van der Waals surface area contributed by atoms with Crippen LogP contribution in [0.5, 0.6) is 5.75 Å². The summed E-state index contributed by atoms with van der Waals surface area (Å²) < 4.78 is 27.1. The maximum absolute atomic E-state index is 15.1. The Bertz CT molecular complexity index is 1930. The van der Waals surface area contributed by atoms with Gasteiger partial charge in [-0.2, -0.15) is 0 Å². The van der Waals surface area contributed by atoms with Gasteiger partial charge in [-0.15, -0.1) is 0 Å². The molecule has 0 aliphatic carbocycles. The molecule has 0 atom stereocenters. The third-order valence-corrected chi connectivity index (χ3v) is 7.54. The van der Waals surface area contributed by atoms with E-state index in [4.69, 9.17) is 14.2 Å². The first kappa shape index (κ1) is 31.3. The molecule has 0 unspecified atom stereocenters. The Kier molecular flexibility index (Phi) is 9.06. The first-order chi connectivity index (χ1) is 20.1. The van der Waals surface area contributed by atoms with Crippen LogP contribution in [0.2, 0.25) is 0 Å². The summed E-state index contributed by atoms with van der Waals surface area (Å²) in [6, 6.07) is 18.7. The summed E-state index contributed by atoms with van der Waals surface area (Å²) in [6.07, 6.45) is 2.43. The Morgan fingerprint density at radius 1 is 1.05 bits per heavy atom. The number of hydrogen-bond donors (Lipinski definition) is 1. The average molecular weight is 606 g/mol. The van der Waals surface area contributed by atoms with Crippen LogP contribution >= 0.6 is 0 Å². The van der Waals surface area contributed by atoms with Crippen molar-refractivity contribution >= 4 is 51.4 Å². The molecule has 43 heavy (non-hydrogen) atoms. The summed E-state index contributed by atoms with van der Waals surface area (Å²) in [4.78, 5) is 33.0. The Morgan fingerprint density at radius 3 is 2.44 bits per heavy atom. The van der Waals surface area contributed by atoms with Gasteiger partial charge in [0.25, 0.3) is 5.56 Å². The number of aromatic nitrogens is 4. The van der Waals surface area contributed by atoms with Gasteiger partial charge >= 0.3 is 5.76 Å². The topological polar surface area (TPSA) is 103 Å². The van der Waals surface area contributed by atoms with Gasteiger partial charge in [-0.1, -0.05) is 67.0 Å². The molecule has 0 saturated carbocycles. The van der Waals surface area contributed by atoms with Gasteiger partial charge in [0.1, 0.15) is 11.4 Å². The third kappa shape index (κ3) is 6.25. The SMILES string of the molecule is CCCc1nc(C)n(-c2cc(F)c3c(c2)CC(C)(C)O3)c(=O)c1Cc1ccc(-c2ccccc2-c2noc(=O)[nH]2)cc1.[K]. The molecule has 1 aliphatic heterocycles. The van der Waals surface area contributed by atoms with Gasteiger partial charge in [-0.25, -0.2) is 14.2 Å². The maximum Gasteiger partial charge on any atom is 0.439 e. The number of benzene rings is 3. The number of ether oxygens (including phenoxy) is 1. The summed E-state index contributed by atoms with van der Waals surface area (Å²) in [5.41, 5.74) is 5.31. The van der Waals surface area contributed by atoms with E-state index in [0.717, 1.165) is 39.9 Å². The summed E-state index contributed by atoms with van der Waals surface area (Å²) in [7, 11) is 0. The predicted molar refractivity (Wildman–Crippen MR) is 163 cm³/mol. The van der Waals surface area contributed by atoms with Gasteiger partial charge in [0, 0.05) is 87.0 Å². The van der Waals surface area contributed by atoms with Crippen molar-refractivity contribution in [1.82, 2.24) is 19.7 Å². The van der Waals surface area contributed by atoms with Crippen LogP contribution in [0.25, 0.3) is 28.2 Å². The van der Waals surface area contributed by atoms with Gasteiger partial charge in [0.05, 0.1) is 11.4 Å². The Hall–Kier alpha value is -3.15. The van der Waals surface area contributed by atoms with E-state index in [1.165, 1.54) is 10.6 Å². The Labute approximate surface area is 290 Å². The molecule has 8 nitrogen and oxygen atoms in total. The van der Waals surface area contributed by atoms with Crippen LogP contribution in [0.1, 0.15) is 55.4 Å². The largest absolute Gasteiger partial charge is 0.484 e. The van der Waals surface area contributed by atoms with Gasteiger partial charge in [0.15, 0.2) is 17.4 Å². The smallest absolute Gasteiger partial charge is 0.439 e. The molecule has 10 heteroatoms. The quantitative estimate of drug-likeness (QED) is 0.244. The summed E-state index contributed by atoms with van der Waals surface area (Å²) in [5.74, 6) is 0.0250. The fourth-order valence-electron chi connectivity index (χ4n) is 5.72. The fraction of sp³-hybridized carbons (Fsp3) is 0.273. The number of aromatic amines is 1. The van der Waals surface area contributed by atoms with Crippen molar-refractivity contribution in [2.24, 2.45) is 0 Å². The number of nitrogens with zero attached hydrogens (tertiary/aromatic N) is 3. The summed E-state index contributed by atoms with van der Waals surface area (Å²) >= 11 is 0. The zero-order valence-corrected chi connectivity index (χ0v) is 28.1. The van der Waals surface area contributed by atoms with Gasteiger partial charge < -0.3 is 4.74 Å². The second-order valence-corrected chi connectivity index (χ2v) is 11.3. The van der Waals surface area contributed by atoms with E-state index < -0.39 is 17.2 Å². The van der Waals surface area contributed by atoms with Crippen LogP contribution in [0.4, 0.5) is 4.39 Å². The molecule has 0 fully saturated rings. The molecular weight excluding hydrogens is 574 g/mol. The van der Waals surface area contributed by atoms with Gasteiger partial charge in [-0.05, 0) is 49.9 Å². The second kappa shape index (κ2) is 12.5. The monoisotopic (exact) mass is 605 g/mol. The van der Waals surface area contributed by atoms with Crippen molar-refractivity contribution in [3.8, 4) is 34.0 Å². The maximum atomic E-state index is 15.1. The van der Waals surface area contributed by atoms with E-state index in [9.17, 15) is 9.59 Å². The number of aryl methyl sites for hydroxylation is 2. The normalized spacial score (nSPS) is 13.3. The first-order valence-corrected chi connectivity index (χ1v) is 14.0. The Balaban J connectivity index is 0.00000368. The van der Waals surface area contributed by atoms with Crippen molar-refractivity contribution in [2.75, 3.05) is 0 Å². The number of halogens is 1. The summed E-state index contributed by atoms with van der Waals surface area (Å²) in [6.45, 7) is 7.67. The van der Waals surface area contributed by atoms with Crippen molar-refractivity contribution < 1.29 is 13.7 Å². The molecule has 3 heterocycles. The van der Waals surface area contributed by atoms with Gasteiger partial charge in [-0.3, -0.25) is 18.9 Å². The van der Waals surface area contributed by atoms with Crippen molar-refractivity contribution in [3.63, 3.8) is 0 Å². The fourth-order valence-corrected chi connectivity index (χ4v) is 5.72. The van der Waals surface area contributed by atoms with E-state index in [1.807, 2.05) is 68.4 Å². The molecule has 6 rings (SSSR count).